The molecule has 8 aliphatic carbocycles. The van der Waals surface area contributed by atoms with Crippen LogP contribution >= 0.6 is 90.4 Å². The fraction of sp³-hybridized carbons (Fsp3) is 0.527. The van der Waals surface area contributed by atoms with Gasteiger partial charge in [-0.1, -0.05) is 38.1 Å². The summed E-state index contributed by atoms with van der Waals surface area (Å²) < 4.78 is 42.1. The molecule has 0 spiro atoms. The van der Waals surface area contributed by atoms with E-state index in [-0.39, 0.29) is 36.4 Å². The molecule has 0 aliphatic heterocycles. The number of rotatable bonds is 18. The molecule has 12 rings (SSSR count). The second-order valence-corrected chi connectivity index (χ2v) is 25.4. The third-order valence-corrected chi connectivity index (χ3v) is 19.5. The summed E-state index contributed by atoms with van der Waals surface area (Å²) in [4.78, 5) is 26.9. The molecular formula is C55H60I4O8. The van der Waals surface area contributed by atoms with Crippen LogP contribution in [0.4, 0.5) is 0 Å². The highest BCUT2D eigenvalue weighted by molar-refractivity contribution is 14.1. The van der Waals surface area contributed by atoms with Gasteiger partial charge in [-0.25, -0.2) is 9.59 Å². The van der Waals surface area contributed by atoms with E-state index in [4.69, 9.17) is 28.4 Å². The number of hydrogen-bond donors (Lipinski definition) is 0. The first kappa shape index (κ1) is 48.6. The first-order chi connectivity index (χ1) is 32.4. The molecule has 4 aromatic rings. The molecule has 0 heterocycles. The summed E-state index contributed by atoms with van der Waals surface area (Å²) in [6, 6.07) is 24.7. The molecule has 356 valence electrons. The minimum atomic E-state index is -0.335. The molecule has 0 aromatic heterocycles. The third kappa shape index (κ3) is 10.4. The van der Waals surface area contributed by atoms with E-state index in [0.29, 0.717) is 48.4 Å². The zero-order valence-electron chi connectivity index (χ0n) is 38.3. The number of carbonyl (C=O) groups excluding carboxylic acids is 2. The first-order valence-electron chi connectivity index (χ1n) is 24.5. The highest BCUT2D eigenvalue weighted by Crippen LogP contribution is 2.62. The predicted octanol–water partition coefficient (Wildman–Crippen LogP) is 13.9. The zero-order chi connectivity index (χ0) is 46.5. The van der Waals surface area contributed by atoms with Gasteiger partial charge in [-0.05, 0) is 281 Å². The average molecular weight is 1360 g/mol. The van der Waals surface area contributed by atoms with Gasteiger partial charge in [0.25, 0.3) is 0 Å². The Morgan fingerprint density at radius 1 is 0.493 bits per heavy atom. The highest BCUT2D eigenvalue weighted by atomic mass is 127. The van der Waals surface area contributed by atoms with Gasteiger partial charge in [-0.15, -0.1) is 0 Å². The topological polar surface area (TPSA) is 89.5 Å². The van der Waals surface area contributed by atoms with Gasteiger partial charge in [-0.2, -0.15) is 0 Å². The highest BCUT2D eigenvalue weighted by Gasteiger charge is 2.60. The molecular weight excluding hydrogens is 1300 g/mol. The minimum Gasteiger partial charge on any atom is -0.489 e. The summed E-state index contributed by atoms with van der Waals surface area (Å²) in [6.45, 7) is 4.79. The Kier molecular flexibility index (Phi) is 14.9. The van der Waals surface area contributed by atoms with Crippen molar-refractivity contribution < 1.29 is 38.0 Å². The van der Waals surface area contributed by atoms with Crippen molar-refractivity contribution in [1.82, 2.24) is 0 Å². The summed E-state index contributed by atoms with van der Waals surface area (Å²) in [5.74, 6) is 7.54. The molecule has 12 heteroatoms. The summed E-state index contributed by atoms with van der Waals surface area (Å²) in [7, 11) is 0. The van der Waals surface area contributed by atoms with E-state index in [9.17, 15) is 9.59 Å². The second kappa shape index (κ2) is 20.6. The van der Waals surface area contributed by atoms with Crippen LogP contribution in [-0.2, 0) is 38.7 Å². The van der Waals surface area contributed by atoms with Crippen LogP contribution in [0.2, 0.25) is 0 Å². The predicted molar refractivity (Wildman–Crippen MR) is 291 cm³/mol. The lowest BCUT2D eigenvalue weighted by Gasteiger charge is -2.60. The molecule has 8 bridgehead atoms. The van der Waals surface area contributed by atoms with E-state index in [1.165, 1.54) is 75.3 Å². The van der Waals surface area contributed by atoms with E-state index >= 15 is 0 Å². The molecule has 8 saturated carbocycles. The Labute approximate surface area is 450 Å². The zero-order valence-corrected chi connectivity index (χ0v) is 47.0. The van der Waals surface area contributed by atoms with Crippen LogP contribution in [-0.4, -0.2) is 36.4 Å². The molecule has 8 nitrogen and oxygen atoms in total. The standard InChI is InChI=1S/C55H60I4O8/c1-3-54(40-16-34-14-35(18-40)19-41(54)17-34)66-50(60)30-64-52-38(24-44(56)26-48(52)58)28-62-46-9-5-32(6-10-46)13-33-7-11-47(12-8-33)63-29-39-25-45(57)27-49(59)53(39)65-31-51(61)67-55(4-2)42-20-36-15-37(22-42)23-43(55)21-36/h5-12,24-27,34-37,40-43H,3-4,13-23,28-31H2,1-2H3. The van der Waals surface area contributed by atoms with E-state index in [2.05, 4.69) is 153 Å². The second-order valence-electron chi connectivity index (χ2n) is 20.5. The maximum Gasteiger partial charge on any atom is 0.344 e. The molecule has 67 heavy (non-hydrogen) atoms. The van der Waals surface area contributed by atoms with Crippen molar-refractivity contribution in [3.8, 4) is 23.0 Å². The van der Waals surface area contributed by atoms with Gasteiger partial charge in [0.05, 0.1) is 7.14 Å². The lowest BCUT2D eigenvalue weighted by atomic mass is 9.49. The number of ether oxygens (including phenoxy) is 6. The van der Waals surface area contributed by atoms with Crippen molar-refractivity contribution in [1.29, 1.82) is 0 Å². The van der Waals surface area contributed by atoms with Crippen LogP contribution in [0.5, 0.6) is 23.0 Å². The summed E-state index contributed by atoms with van der Waals surface area (Å²) in [6.07, 6.45) is 14.9. The van der Waals surface area contributed by atoms with Crippen molar-refractivity contribution in [3.63, 3.8) is 0 Å². The monoisotopic (exact) mass is 1360 g/mol. The smallest absolute Gasteiger partial charge is 0.344 e. The number of halogens is 4. The molecule has 8 fully saturated rings. The number of carbonyl (C=O) groups is 2. The van der Waals surface area contributed by atoms with Gasteiger partial charge in [0.15, 0.2) is 13.2 Å². The van der Waals surface area contributed by atoms with Gasteiger partial charge in [-0.3, -0.25) is 0 Å². The SMILES string of the molecule is CCC1(OC(=O)COc2c(I)cc(I)cc2COc2ccc(Cc3ccc(OCc4cc(I)cc(I)c4OCC(=O)OC4(CC)C5CC6CC(C5)CC4C6)cc3)cc2)C2CC3CC(C2)CC1C3. The molecule has 0 amide bonds. The van der Waals surface area contributed by atoms with Gasteiger partial charge in [0.1, 0.15) is 47.4 Å². The van der Waals surface area contributed by atoms with Crippen LogP contribution < -0.4 is 18.9 Å². The number of esters is 2. The molecule has 0 radical (unpaired) electrons. The van der Waals surface area contributed by atoms with Crippen molar-refractivity contribution in [2.45, 2.75) is 122 Å². The lowest BCUT2D eigenvalue weighted by molar-refractivity contribution is -0.212. The van der Waals surface area contributed by atoms with Crippen LogP contribution in [0.3, 0.4) is 0 Å². The minimum absolute atomic E-state index is 0.110. The third-order valence-electron chi connectivity index (χ3n) is 16.6. The molecule has 0 N–H and O–H groups in total. The van der Waals surface area contributed by atoms with Crippen LogP contribution in [0, 0.1) is 61.6 Å². The number of hydrogen-bond acceptors (Lipinski definition) is 8. The Morgan fingerprint density at radius 2 is 0.836 bits per heavy atom. The van der Waals surface area contributed by atoms with Gasteiger partial charge in [0, 0.05) is 18.3 Å². The molecule has 4 aromatic carbocycles. The van der Waals surface area contributed by atoms with Crippen LogP contribution in [0.15, 0.2) is 72.8 Å². The van der Waals surface area contributed by atoms with E-state index < -0.39 is 0 Å². The number of benzene rings is 4. The quantitative estimate of drug-likeness (QED) is 0.0719. The Hall–Kier alpha value is -2.06. The molecule has 0 atom stereocenters. The van der Waals surface area contributed by atoms with Crippen molar-refractivity contribution in [2.24, 2.45) is 47.3 Å². The average Bonchev–Trinajstić information content (AvgIpc) is 3.30. The summed E-state index contributed by atoms with van der Waals surface area (Å²) in [5.41, 5.74) is 3.45. The Balaban J connectivity index is 0.706. The van der Waals surface area contributed by atoms with Crippen molar-refractivity contribution in [3.05, 3.63) is 109 Å². The summed E-state index contributed by atoms with van der Waals surface area (Å²) in [5, 5.41) is 0. The fourth-order valence-electron chi connectivity index (χ4n) is 14.1. The molecule has 0 saturated heterocycles. The van der Waals surface area contributed by atoms with E-state index in [0.717, 1.165) is 79.8 Å². The van der Waals surface area contributed by atoms with Crippen molar-refractivity contribution in [2.75, 3.05) is 13.2 Å². The fourth-order valence-corrected chi connectivity index (χ4v) is 18.3. The Morgan fingerprint density at radius 3 is 1.16 bits per heavy atom. The largest absolute Gasteiger partial charge is 0.489 e. The normalized spacial score (nSPS) is 29.7. The van der Waals surface area contributed by atoms with Gasteiger partial charge >= 0.3 is 11.9 Å². The van der Waals surface area contributed by atoms with Crippen LogP contribution in [0.25, 0.3) is 0 Å². The molecule has 8 aliphatic rings. The van der Waals surface area contributed by atoms with Crippen LogP contribution in [0.1, 0.15) is 113 Å². The van der Waals surface area contributed by atoms with Gasteiger partial charge in [0.2, 0.25) is 0 Å². The summed E-state index contributed by atoms with van der Waals surface area (Å²) >= 11 is 9.21. The Bertz CT molecular complexity index is 2230. The maximum absolute atomic E-state index is 13.5. The lowest BCUT2D eigenvalue weighted by Crippen LogP contribution is -2.59. The van der Waals surface area contributed by atoms with Gasteiger partial charge < -0.3 is 28.4 Å². The maximum atomic E-state index is 13.5. The van der Waals surface area contributed by atoms with E-state index in [1.807, 2.05) is 24.3 Å². The molecule has 0 unspecified atom stereocenters. The van der Waals surface area contributed by atoms with E-state index in [1.54, 1.807) is 0 Å². The first-order valence-corrected chi connectivity index (χ1v) is 28.8. The van der Waals surface area contributed by atoms with Crippen molar-refractivity contribution >= 4 is 102 Å².